The Hall–Kier alpha value is -4.01. The van der Waals surface area contributed by atoms with Crippen LogP contribution in [0.3, 0.4) is 0 Å². The van der Waals surface area contributed by atoms with Crippen LogP contribution in [0.25, 0.3) is 33.1 Å². The third kappa shape index (κ3) is 3.83. The predicted molar refractivity (Wildman–Crippen MR) is 134 cm³/mol. The Bertz CT molecular complexity index is 1420. The minimum atomic E-state index is -0.819. The summed E-state index contributed by atoms with van der Waals surface area (Å²) in [5, 5.41) is 0. The van der Waals surface area contributed by atoms with Crippen molar-refractivity contribution in [2.75, 3.05) is 0 Å². The molecule has 34 heavy (non-hydrogen) atoms. The molecule has 1 atom stereocenters. The summed E-state index contributed by atoms with van der Waals surface area (Å²) in [7, 11) is 0. The predicted octanol–water partition coefficient (Wildman–Crippen LogP) is 3.37. The number of imidazole rings is 3. The quantitative estimate of drug-likeness (QED) is 0.254. The van der Waals surface area contributed by atoms with Crippen molar-refractivity contribution in [3.8, 4) is 0 Å². The van der Waals surface area contributed by atoms with Crippen LogP contribution in [0.15, 0.2) is 72.8 Å². The number of fused-ring (bicyclic) bond motifs is 3. The zero-order valence-corrected chi connectivity index (χ0v) is 18.6. The van der Waals surface area contributed by atoms with Crippen molar-refractivity contribution in [1.82, 2.24) is 29.9 Å². The molecule has 0 aliphatic carbocycles. The van der Waals surface area contributed by atoms with E-state index in [9.17, 15) is 0 Å². The van der Waals surface area contributed by atoms with Crippen LogP contribution in [-0.2, 0) is 19.3 Å². The summed E-state index contributed by atoms with van der Waals surface area (Å²) in [5.41, 5.74) is 18.8. The van der Waals surface area contributed by atoms with Gasteiger partial charge < -0.3 is 26.4 Å². The second-order valence-corrected chi connectivity index (χ2v) is 9.00. The molecule has 0 aliphatic heterocycles. The van der Waals surface area contributed by atoms with E-state index >= 15 is 0 Å². The highest BCUT2D eigenvalue weighted by Crippen LogP contribution is 2.23. The summed E-state index contributed by atoms with van der Waals surface area (Å²) < 4.78 is 0. The van der Waals surface area contributed by atoms with Gasteiger partial charge in [-0.25, -0.2) is 15.0 Å². The maximum absolute atomic E-state index is 7.10. The van der Waals surface area contributed by atoms with E-state index < -0.39 is 11.6 Å². The first-order chi connectivity index (χ1) is 16.6. The molecule has 8 nitrogen and oxygen atoms in total. The van der Waals surface area contributed by atoms with E-state index in [2.05, 4.69) is 15.0 Å². The molecule has 3 heterocycles. The molecule has 6 rings (SSSR count). The van der Waals surface area contributed by atoms with E-state index in [1.165, 1.54) is 0 Å². The van der Waals surface area contributed by atoms with Gasteiger partial charge in [-0.2, -0.15) is 0 Å². The van der Waals surface area contributed by atoms with E-state index in [4.69, 9.17) is 26.4 Å². The van der Waals surface area contributed by atoms with Crippen molar-refractivity contribution in [1.29, 1.82) is 0 Å². The maximum atomic E-state index is 7.10. The Morgan fingerprint density at radius 1 is 0.618 bits per heavy atom. The van der Waals surface area contributed by atoms with Crippen LogP contribution in [0.4, 0.5) is 0 Å². The topological polar surface area (TPSA) is 138 Å². The molecule has 7 N–H and O–H groups in total. The minimum absolute atomic E-state index is 0.394. The van der Waals surface area contributed by atoms with Gasteiger partial charge in [0.25, 0.3) is 0 Å². The number of hydrogen-bond donors (Lipinski definition) is 5. The van der Waals surface area contributed by atoms with Crippen LogP contribution in [0.5, 0.6) is 0 Å². The highest BCUT2D eigenvalue weighted by atomic mass is 15.0. The second kappa shape index (κ2) is 8.09. The number of benzene rings is 3. The SMILES string of the molecule is NC(Cc1nc2ccccc2[nH]1)C(N)(Cc1nc2ccccc2[nH]1)Cc1nc2ccccc2[nH]1. The molecule has 3 aromatic carbocycles. The molecule has 8 heteroatoms. The summed E-state index contributed by atoms with van der Waals surface area (Å²) >= 11 is 0. The van der Waals surface area contributed by atoms with Gasteiger partial charge in [-0.3, -0.25) is 0 Å². The lowest BCUT2D eigenvalue weighted by molar-refractivity contribution is 0.322. The van der Waals surface area contributed by atoms with E-state index in [1.807, 2.05) is 72.8 Å². The van der Waals surface area contributed by atoms with Crippen LogP contribution in [0.1, 0.15) is 17.5 Å². The first kappa shape index (κ1) is 20.6. The highest BCUT2D eigenvalue weighted by Gasteiger charge is 2.36. The van der Waals surface area contributed by atoms with Crippen LogP contribution in [0, 0.1) is 0 Å². The van der Waals surface area contributed by atoms with Crippen LogP contribution in [-0.4, -0.2) is 41.5 Å². The van der Waals surface area contributed by atoms with Crippen molar-refractivity contribution in [3.63, 3.8) is 0 Å². The summed E-state index contributed by atoms with van der Waals surface area (Å²) in [6.45, 7) is 0. The number of para-hydroxylation sites is 6. The molecular weight excluding hydrogens is 424 g/mol. The molecule has 0 bridgehead atoms. The van der Waals surface area contributed by atoms with Crippen molar-refractivity contribution in [2.45, 2.75) is 30.8 Å². The van der Waals surface area contributed by atoms with E-state index in [0.717, 1.165) is 50.6 Å². The van der Waals surface area contributed by atoms with Gasteiger partial charge in [-0.05, 0) is 36.4 Å². The van der Waals surface area contributed by atoms with Crippen molar-refractivity contribution >= 4 is 33.1 Å². The largest absolute Gasteiger partial charge is 0.342 e. The summed E-state index contributed by atoms with van der Waals surface area (Å²) in [4.78, 5) is 24.4. The Balaban J connectivity index is 1.34. The number of rotatable bonds is 7. The Kier molecular flexibility index (Phi) is 4.90. The van der Waals surface area contributed by atoms with Gasteiger partial charge in [-0.1, -0.05) is 36.4 Å². The molecule has 0 aliphatic rings. The Morgan fingerprint density at radius 3 is 1.44 bits per heavy atom. The number of aromatic amines is 3. The summed E-state index contributed by atoms with van der Waals surface area (Å²) in [6, 6.07) is 23.5. The van der Waals surface area contributed by atoms with Gasteiger partial charge >= 0.3 is 0 Å². The number of H-pyrrole nitrogens is 3. The lowest BCUT2D eigenvalue weighted by Gasteiger charge is -2.34. The first-order valence-electron chi connectivity index (χ1n) is 11.4. The molecule has 1 unspecified atom stereocenters. The van der Waals surface area contributed by atoms with Crippen molar-refractivity contribution in [3.05, 3.63) is 90.3 Å². The van der Waals surface area contributed by atoms with Gasteiger partial charge in [0.15, 0.2) is 0 Å². The molecule has 3 aromatic heterocycles. The summed E-state index contributed by atoms with van der Waals surface area (Å²) in [5.74, 6) is 2.43. The van der Waals surface area contributed by atoms with Crippen LogP contribution < -0.4 is 11.5 Å². The van der Waals surface area contributed by atoms with Gasteiger partial charge in [0.05, 0.1) is 33.1 Å². The van der Waals surface area contributed by atoms with E-state index in [-0.39, 0.29) is 0 Å². The fourth-order valence-corrected chi connectivity index (χ4v) is 4.64. The number of nitrogens with one attached hydrogen (secondary N) is 3. The highest BCUT2D eigenvalue weighted by molar-refractivity contribution is 5.76. The minimum Gasteiger partial charge on any atom is -0.342 e. The van der Waals surface area contributed by atoms with Crippen LogP contribution in [0.2, 0.25) is 0 Å². The average molecular weight is 451 g/mol. The van der Waals surface area contributed by atoms with E-state index in [1.54, 1.807) is 0 Å². The monoisotopic (exact) mass is 450 g/mol. The first-order valence-corrected chi connectivity index (χ1v) is 11.4. The molecule has 170 valence electrons. The molecular formula is C26H26N8. The lowest BCUT2D eigenvalue weighted by Crippen LogP contribution is -2.59. The average Bonchev–Trinajstić information content (AvgIpc) is 3.53. The molecule has 0 saturated heterocycles. The summed E-state index contributed by atoms with van der Waals surface area (Å²) in [6.07, 6.45) is 1.45. The fourth-order valence-electron chi connectivity index (χ4n) is 4.64. The van der Waals surface area contributed by atoms with Gasteiger partial charge in [0.1, 0.15) is 17.5 Å². The fraction of sp³-hybridized carbons (Fsp3) is 0.192. The third-order valence-electron chi connectivity index (χ3n) is 6.46. The van der Waals surface area contributed by atoms with Crippen LogP contribution >= 0.6 is 0 Å². The maximum Gasteiger partial charge on any atom is 0.109 e. The second-order valence-electron chi connectivity index (χ2n) is 9.00. The molecule has 0 amide bonds. The molecule has 0 saturated carbocycles. The molecule has 6 aromatic rings. The Morgan fingerprint density at radius 2 is 1.00 bits per heavy atom. The van der Waals surface area contributed by atoms with Gasteiger partial charge in [0.2, 0.25) is 0 Å². The molecule has 0 radical (unpaired) electrons. The van der Waals surface area contributed by atoms with E-state index in [0.29, 0.717) is 19.3 Å². The van der Waals surface area contributed by atoms with Crippen molar-refractivity contribution < 1.29 is 0 Å². The smallest absolute Gasteiger partial charge is 0.109 e. The third-order valence-corrected chi connectivity index (χ3v) is 6.46. The lowest BCUT2D eigenvalue weighted by atomic mass is 9.82. The number of hydrogen-bond acceptors (Lipinski definition) is 5. The normalized spacial score (nSPS) is 13.2. The Labute approximate surface area is 195 Å². The number of nitrogens with zero attached hydrogens (tertiary/aromatic N) is 3. The van der Waals surface area contributed by atoms with Crippen molar-refractivity contribution in [2.24, 2.45) is 11.5 Å². The zero-order valence-electron chi connectivity index (χ0n) is 18.6. The molecule has 0 spiro atoms. The standard InChI is InChI=1S/C26H26N8/c27-22(13-23-29-16-7-1-2-8-17(16)30-23)26(28,14-24-31-18-9-3-4-10-19(18)32-24)15-25-33-20-11-5-6-12-21(20)34-25/h1-12,22H,13-15,27-28H2,(H,29,30)(H,31,32)(H,33,34). The number of nitrogens with two attached hydrogens (primary N) is 2. The zero-order chi connectivity index (χ0) is 23.1. The molecule has 0 fully saturated rings. The van der Waals surface area contributed by atoms with Gasteiger partial charge in [-0.15, -0.1) is 0 Å². The number of aromatic nitrogens is 6. The van der Waals surface area contributed by atoms with Gasteiger partial charge in [0, 0.05) is 30.8 Å².